The number of aromatic nitrogens is 1. The molecule has 0 bridgehead atoms. The van der Waals surface area contributed by atoms with Gasteiger partial charge in [0.25, 0.3) is 6.71 Å². The zero-order valence-corrected chi connectivity index (χ0v) is 55.0. The Labute approximate surface area is 581 Å². The van der Waals surface area contributed by atoms with Crippen LogP contribution in [0.15, 0.2) is 340 Å². The van der Waals surface area contributed by atoms with Crippen LogP contribution in [0.2, 0.25) is 0 Å². The maximum Gasteiger partial charge on any atom is 0.252 e. The van der Waals surface area contributed by atoms with Crippen molar-refractivity contribution in [2.24, 2.45) is 0 Å². The van der Waals surface area contributed by atoms with Crippen LogP contribution in [0.5, 0.6) is 0 Å². The zero-order valence-electron chi connectivity index (χ0n) is 55.0. The van der Waals surface area contributed by atoms with E-state index in [1.54, 1.807) is 0 Å². The molecule has 3 heterocycles. The first-order valence-corrected chi connectivity index (χ1v) is 35.4. The van der Waals surface area contributed by atoms with Gasteiger partial charge in [-0.05, 0) is 230 Å². The average molecular weight is 1280 g/mol. The fourth-order valence-corrected chi connectivity index (χ4v) is 18.8. The van der Waals surface area contributed by atoms with Crippen molar-refractivity contribution in [1.29, 1.82) is 0 Å². The summed E-state index contributed by atoms with van der Waals surface area (Å²) in [5, 5.41) is 32.7. The number of anilines is 6. The van der Waals surface area contributed by atoms with Gasteiger partial charge in [0.15, 0.2) is 0 Å². The van der Waals surface area contributed by atoms with Crippen LogP contribution in [-0.4, -0.2) is 11.3 Å². The Morgan fingerprint density at radius 3 is 0.881 bits per heavy atom. The van der Waals surface area contributed by atoms with Gasteiger partial charge in [0.05, 0.1) is 11.0 Å². The van der Waals surface area contributed by atoms with Crippen molar-refractivity contribution in [1.82, 2.24) is 4.57 Å². The van der Waals surface area contributed by atoms with Crippen molar-refractivity contribution >= 4 is 208 Å². The molecule has 0 N–H and O–H groups in total. The lowest BCUT2D eigenvalue weighted by Crippen LogP contribution is -2.61. The fraction of sp³-hybridized carbons (Fsp3) is 0.0103. The van der Waals surface area contributed by atoms with E-state index >= 15 is 0 Å². The first-order valence-electron chi connectivity index (χ1n) is 35.4. The van der Waals surface area contributed by atoms with Gasteiger partial charge in [-0.1, -0.05) is 273 Å². The number of hydrogen-bond acceptors (Lipinski definition) is 2. The predicted octanol–water partition coefficient (Wildman–Crippen LogP) is 24.3. The lowest BCUT2D eigenvalue weighted by molar-refractivity contribution is 1.16. The summed E-state index contributed by atoms with van der Waals surface area (Å²) in [7, 11) is 0. The van der Waals surface area contributed by atoms with Crippen molar-refractivity contribution < 1.29 is 0 Å². The SMILES string of the molecule is c1ccc2c(c1)c1ccccc1c1cc(Cc3cc4c5c(c3)N(c3ccc6c7ccccc7c7ccccc7c6c3)c3cc6c7ccccc7c7ccccc7c6cc3B5c3ccc(-n5c6ccccc6c6ccccc65)cc3N4c3ccc4c5ccccc5c5ccccc5c4c3)ccc21. The van der Waals surface area contributed by atoms with Gasteiger partial charge in [-0.3, -0.25) is 0 Å². The highest BCUT2D eigenvalue weighted by atomic mass is 15.2. The van der Waals surface area contributed by atoms with E-state index in [-0.39, 0.29) is 6.71 Å². The third kappa shape index (κ3) is 7.74. The monoisotopic (exact) mass is 1280 g/mol. The Balaban J connectivity index is 0.867. The highest BCUT2D eigenvalue weighted by Gasteiger charge is 2.44. The molecule has 464 valence electrons. The maximum absolute atomic E-state index is 2.68. The second kappa shape index (κ2) is 20.8. The first-order chi connectivity index (χ1) is 50.1. The van der Waals surface area contributed by atoms with Gasteiger partial charge < -0.3 is 14.4 Å². The van der Waals surface area contributed by atoms with Crippen LogP contribution in [0.4, 0.5) is 34.1 Å². The van der Waals surface area contributed by atoms with Crippen LogP contribution in [0, 0.1) is 0 Å². The van der Waals surface area contributed by atoms with Crippen LogP contribution >= 0.6 is 0 Å². The molecule has 23 rings (SSSR count). The van der Waals surface area contributed by atoms with E-state index in [0.717, 1.165) is 22.7 Å². The second-order valence-electron chi connectivity index (χ2n) is 28.1. The quantitative estimate of drug-likeness (QED) is 0.126. The Morgan fingerprint density at radius 1 is 0.188 bits per heavy atom. The number of para-hydroxylation sites is 2. The van der Waals surface area contributed by atoms with Gasteiger partial charge in [-0.25, -0.2) is 0 Å². The average Bonchev–Trinajstić information content (AvgIpc) is 1.09. The number of benzene rings is 20. The smallest absolute Gasteiger partial charge is 0.252 e. The topological polar surface area (TPSA) is 11.4 Å². The van der Waals surface area contributed by atoms with Crippen molar-refractivity contribution in [3.8, 4) is 5.69 Å². The normalized spacial score (nSPS) is 12.9. The minimum absolute atomic E-state index is 0.191. The number of rotatable bonds is 5. The van der Waals surface area contributed by atoms with E-state index in [0.29, 0.717) is 6.42 Å². The minimum Gasteiger partial charge on any atom is -0.311 e. The van der Waals surface area contributed by atoms with Gasteiger partial charge in [0, 0.05) is 50.6 Å². The third-order valence-corrected chi connectivity index (χ3v) is 23.0. The van der Waals surface area contributed by atoms with Gasteiger partial charge in [-0.2, -0.15) is 0 Å². The van der Waals surface area contributed by atoms with Crippen molar-refractivity contribution in [3.63, 3.8) is 0 Å². The van der Waals surface area contributed by atoms with Crippen LogP contribution in [0.25, 0.3) is 157 Å². The fourth-order valence-electron chi connectivity index (χ4n) is 18.8. The van der Waals surface area contributed by atoms with Crippen LogP contribution in [-0.2, 0) is 6.42 Å². The van der Waals surface area contributed by atoms with Crippen molar-refractivity contribution in [2.45, 2.75) is 6.42 Å². The molecule has 101 heavy (non-hydrogen) atoms. The minimum atomic E-state index is -0.191. The molecule has 3 nitrogen and oxygen atoms in total. The van der Waals surface area contributed by atoms with E-state index in [2.05, 4.69) is 354 Å². The molecule has 0 saturated heterocycles. The molecule has 1 aromatic heterocycles. The van der Waals surface area contributed by atoms with Gasteiger partial charge in [0.2, 0.25) is 0 Å². The number of nitrogens with zero attached hydrogens (tertiary/aromatic N) is 3. The van der Waals surface area contributed by atoms with E-state index < -0.39 is 0 Å². The predicted molar refractivity (Wildman–Crippen MR) is 434 cm³/mol. The number of hydrogen-bond donors (Lipinski definition) is 0. The molecule has 0 unspecified atom stereocenters. The molecule has 0 amide bonds. The van der Waals surface area contributed by atoms with Gasteiger partial charge >= 0.3 is 0 Å². The molecule has 4 heteroatoms. The lowest BCUT2D eigenvalue weighted by atomic mass is 9.33. The molecular formula is C97H58BN3. The Morgan fingerprint density at radius 2 is 0.485 bits per heavy atom. The van der Waals surface area contributed by atoms with Gasteiger partial charge in [-0.15, -0.1) is 0 Å². The van der Waals surface area contributed by atoms with E-state index in [9.17, 15) is 0 Å². The summed E-state index contributed by atoms with van der Waals surface area (Å²) in [6, 6.07) is 130. The number of fused-ring (bicyclic) bond motifs is 31. The van der Waals surface area contributed by atoms with E-state index in [1.165, 1.54) is 196 Å². The molecule has 2 aliphatic heterocycles. The highest BCUT2D eigenvalue weighted by Crippen LogP contribution is 2.51. The largest absolute Gasteiger partial charge is 0.311 e. The molecule has 0 radical (unpaired) electrons. The molecule has 0 aliphatic carbocycles. The molecule has 0 spiro atoms. The lowest BCUT2D eigenvalue weighted by Gasteiger charge is -2.45. The van der Waals surface area contributed by atoms with Crippen LogP contribution < -0.4 is 26.2 Å². The molecule has 0 saturated carbocycles. The summed E-state index contributed by atoms with van der Waals surface area (Å²) < 4.78 is 2.50. The summed E-state index contributed by atoms with van der Waals surface area (Å²) >= 11 is 0. The third-order valence-electron chi connectivity index (χ3n) is 23.0. The second-order valence-corrected chi connectivity index (χ2v) is 28.1. The highest BCUT2D eigenvalue weighted by molar-refractivity contribution is 7.00. The molecule has 0 fully saturated rings. The van der Waals surface area contributed by atoms with Crippen molar-refractivity contribution in [2.75, 3.05) is 9.80 Å². The van der Waals surface area contributed by atoms with E-state index in [4.69, 9.17) is 0 Å². The first kappa shape index (κ1) is 55.0. The molecule has 0 atom stereocenters. The molecule has 2 aliphatic rings. The summed E-state index contributed by atoms with van der Waals surface area (Å²) in [4.78, 5) is 5.35. The van der Waals surface area contributed by atoms with Crippen molar-refractivity contribution in [3.05, 3.63) is 351 Å². The van der Waals surface area contributed by atoms with Crippen LogP contribution in [0.3, 0.4) is 0 Å². The summed E-state index contributed by atoms with van der Waals surface area (Å²) in [5.74, 6) is 0. The Bertz CT molecular complexity index is 7120. The Kier molecular flexibility index (Phi) is 11.3. The maximum atomic E-state index is 2.68. The summed E-state index contributed by atoms with van der Waals surface area (Å²) in [5.41, 5.74) is 16.7. The van der Waals surface area contributed by atoms with Crippen LogP contribution in [0.1, 0.15) is 11.1 Å². The summed E-state index contributed by atoms with van der Waals surface area (Å²) in [6.07, 6.45) is 0.696. The summed E-state index contributed by atoms with van der Waals surface area (Å²) in [6.45, 7) is -0.191. The van der Waals surface area contributed by atoms with E-state index in [1.807, 2.05) is 0 Å². The molecular weight excluding hydrogens is 1220 g/mol. The standard InChI is InChI=1S/C97H58BN3/c1-4-29-71-63(21-1)66-24-7-12-32-74(66)84-50-58(41-45-79(71)84)49-59-51-95-97-96(52-59)101(61-43-47-81-73-31-6-3-23-65(73)68-26-9-14-34-76(68)86(81)54-61)94-57-88-78-36-16-11-28-70(78)69-27-10-15-35-77(69)87(88)56-90(94)98(97)89-48-44-62(99-91-39-19-17-37-82(91)83-38-18-20-40-92(83)99)55-93(89)100(95)60-42-46-80-72-30-5-2-22-64(72)67-25-8-13-33-75(67)85(80)53-60/h1-48,50-57H,49H2. The zero-order chi connectivity index (χ0) is 65.7. The molecule has 20 aromatic carbocycles. The Hall–Kier alpha value is -13.0. The van der Waals surface area contributed by atoms with Gasteiger partial charge in [0.1, 0.15) is 0 Å². The molecule has 21 aromatic rings.